The van der Waals surface area contributed by atoms with Gasteiger partial charge in [0.2, 0.25) is 0 Å². The van der Waals surface area contributed by atoms with Crippen molar-refractivity contribution in [2.45, 2.75) is 13.3 Å². The van der Waals surface area contributed by atoms with Crippen molar-refractivity contribution in [3.05, 3.63) is 109 Å². The predicted molar refractivity (Wildman–Crippen MR) is 160 cm³/mol. The first kappa shape index (κ1) is 28.5. The number of nitrogens with zero attached hydrogens (tertiary/aromatic N) is 2. The molecule has 0 saturated carbocycles. The maximum Gasteiger partial charge on any atom is 0.326 e. The molecule has 0 heterocycles. The Morgan fingerprint density at radius 3 is 2.22 bits per heavy atom. The van der Waals surface area contributed by atoms with Crippen molar-refractivity contribution < 1.29 is 19.1 Å². The Morgan fingerprint density at radius 1 is 0.805 bits per heavy atom. The number of carbonyl (C=O) groups is 2. The second-order valence-corrected chi connectivity index (χ2v) is 8.88. The Morgan fingerprint density at radius 2 is 1.51 bits per heavy atom. The highest BCUT2D eigenvalue weighted by molar-refractivity contribution is 6.01. The number of anilines is 3. The van der Waals surface area contributed by atoms with Gasteiger partial charge in [-0.25, -0.2) is 9.59 Å². The summed E-state index contributed by atoms with van der Waals surface area (Å²) in [4.78, 5) is 27.3. The fraction of sp³-hybridized carbons (Fsp3) is 0.156. The molecule has 0 fully saturated rings. The second-order valence-electron chi connectivity index (χ2n) is 8.88. The van der Waals surface area contributed by atoms with Crippen LogP contribution >= 0.6 is 0 Å². The van der Waals surface area contributed by atoms with Crippen molar-refractivity contribution in [1.29, 1.82) is 5.26 Å². The van der Waals surface area contributed by atoms with E-state index in [0.29, 0.717) is 60.2 Å². The molecule has 0 aromatic heterocycles. The van der Waals surface area contributed by atoms with Crippen LogP contribution in [0.15, 0.2) is 103 Å². The Kier molecular flexibility index (Phi) is 10.2. The monoisotopic (exact) mass is 549 g/mol. The Balaban J connectivity index is 1.39. The molecule has 0 bridgehead atoms. The van der Waals surface area contributed by atoms with Gasteiger partial charge in [-0.15, -0.1) is 0 Å². The number of hydrogen-bond donors (Lipinski definition) is 3. The molecule has 208 valence electrons. The van der Waals surface area contributed by atoms with Crippen LogP contribution in [0.5, 0.6) is 17.2 Å². The van der Waals surface area contributed by atoms with Crippen LogP contribution in [0.25, 0.3) is 0 Å². The lowest BCUT2D eigenvalue weighted by atomic mass is 10.2. The number of hydrogen-bond acceptors (Lipinski definition) is 5. The van der Waals surface area contributed by atoms with Crippen molar-refractivity contribution in [1.82, 2.24) is 5.32 Å². The third kappa shape index (κ3) is 8.76. The molecule has 4 amide bonds. The number of nitrogens with one attached hydrogen (secondary N) is 3. The maximum absolute atomic E-state index is 13.4. The fourth-order valence-electron chi connectivity index (χ4n) is 3.94. The van der Waals surface area contributed by atoms with Crippen molar-refractivity contribution >= 4 is 29.1 Å². The number of benzene rings is 4. The van der Waals surface area contributed by atoms with Crippen LogP contribution in [0.1, 0.15) is 18.9 Å². The minimum atomic E-state index is -0.395. The highest BCUT2D eigenvalue weighted by Crippen LogP contribution is 2.25. The Hall–Kier alpha value is -5.49. The van der Waals surface area contributed by atoms with Crippen LogP contribution in [0.2, 0.25) is 0 Å². The minimum absolute atomic E-state index is 0.316. The first-order valence-electron chi connectivity index (χ1n) is 13.2. The summed E-state index contributed by atoms with van der Waals surface area (Å²) in [5, 5.41) is 17.5. The summed E-state index contributed by atoms with van der Waals surface area (Å²) >= 11 is 0. The molecule has 9 nitrogen and oxygen atoms in total. The summed E-state index contributed by atoms with van der Waals surface area (Å²) in [5.74, 6) is 2.08. The summed E-state index contributed by atoms with van der Waals surface area (Å²) < 4.78 is 11.4. The van der Waals surface area contributed by atoms with E-state index in [1.807, 2.05) is 55.5 Å². The van der Waals surface area contributed by atoms with E-state index < -0.39 is 6.03 Å². The molecule has 0 aliphatic rings. The third-order valence-electron chi connectivity index (χ3n) is 5.88. The molecule has 3 N–H and O–H groups in total. The minimum Gasteiger partial charge on any atom is -0.494 e. The first-order valence-corrected chi connectivity index (χ1v) is 13.2. The average molecular weight is 550 g/mol. The van der Waals surface area contributed by atoms with E-state index in [9.17, 15) is 9.59 Å². The number of amides is 4. The molecule has 0 spiro atoms. The molecular weight excluding hydrogens is 518 g/mol. The van der Waals surface area contributed by atoms with Gasteiger partial charge >= 0.3 is 12.1 Å². The molecule has 4 rings (SSSR count). The van der Waals surface area contributed by atoms with Gasteiger partial charge in [-0.1, -0.05) is 24.3 Å². The number of para-hydroxylation sites is 1. The summed E-state index contributed by atoms with van der Waals surface area (Å²) in [6, 6.07) is 31.9. The standard InChI is InChI=1S/C32H31N5O4/c1-2-40-28-16-12-25(13-17-28)36-32(39)37(27-14-18-30(19-15-27)41-29-10-4-3-5-11-29)21-7-20-34-31(38)35-26-9-6-8-24(22-26)23-33/h3-6,8-19,22H,2,7,20-21H2,1H3,(H,36,39)(H2,34,35,38). The fourth-order valence-corrected chi connectivity index (χ4v) is 3.94. The topological polar surface area (TPSA) is 116 Å². The molecule has 0 unspecified atom stereocenters. The van der Waals surface area contributed by atoms with Crippen LogP contribution in [0, 0.1) is 11.3 Å². The van der Waals surface area contributed by atoms with Crippen LogP contribution < -0.4 is 30.3 Å². The third-order valence-corrected chi connectivity index (χ3v) is 5.88. The second kappa shape index (κ2) is 14.6. The van der Waals surface area contributed by atoms with E-state index >= 15 is 0 Å². The molecule has 9 heteroatoms. The summed E-state index contributed by atoms with van der Waals surface area (Å²) in [6.45, 7) is 3.13. The average Bonchev–Trinajstić information content (AvgIpc) is 2.99. The van der Waals surface area contributed by atoms with Gasteiger partial charge in [0.1, 0.15) is 17.2 Å². The van der Waals surface area contributed by atoms with Crippen LogP contribution in [0.4, 0.5) is 26.7 Å². The van der Waals surface area contributed by atoms with E-state index in [0.717, 1.165) is 5.75 Å². The lowest BCUT2D eigenvalue weighted by Gasteiger charge is -2.24. The van der Waals surface area contributed by atoms with Crippen LogP contribution in [0.3, 0.4) is 0 Å². The van der Waals surface area contributed by atoms with Gasteiger partial charge in [-0.05, 0) is 92.2 Å². The van der Waals surface area contributed by atoms with Crippen molar-refractivity contribution in [3.63, 3.8) is 0 Å². The predicted octanol–water partition coefficient (Wildman–Crippen LogP) is 7.00. The lowest BCUT2D eigenvalue weighted by Crippen LogP contribution is -2.38. The summed E-state index contributed by atoms with van der Waals surface area (Å²) in [5.41, 5.74) is 2.28. The molecule has 4 aromatic rings. The van der Waals surface area contributed by atoms with Crippen molar-refractivity contribution in [2.24, 2.45) is 0 Å². The van der Waals surface area contributed by atoms with Gasteiger partial charge < -0.3 is 25.4 Å². The van der Waals surface area contributed by atoms with Gasteiger partial charge in [-0.3, -0.25) is 4.90 Å². The van der Waals surface area contributed by atoms with E-state index in [4.69, 9.17) is 14.7 Å². The molecule has 41 heavy (non-hydrogen) atoms. The number of urea groups is 2. The van der Waals surface area contributed by atoms with Crippen LogP contribution in [-0.4, -0.2) is 31.8 Å². The summed E-state index contributed by atoms with van der Waals surface area (Å²) in [6.07, 6.45) is 0.491. The number of nitriles is 1. The van der Waals surface area contributed by atoms with Crippen molar-refractivity contribution in [2.75, 3.05) is 35.2 Å². The Labute approximate surface area is 239 Å². The maximum atomic E-state index is 13.4. The quantitative estimate of drug-likeness (QED) is 0.174. The molecule has 0 aliphatic carbocycles. The van der Waals surface area contributed by atoms with Gasteiger partial charge in [0.05, 0.1) is 18.2 Å². The molecular formula is C32H31N5O4. The summed E-state index contributed by atoms with van der Waals surface area (Å²) in [7, 11) is 0. The normalized spacial score (nSPS) is 10.1. The molecule has 0 saturated heterocycles. The van der Waals surface area contributed by atoms with E-state index in [1.165, 1.54) is 0 Å². The first-order chi connectivity index (χ1) is 20.0. The van der Waals surface area contributed by atoms with Gasteiger partial charge in [0.25, 0.3) is 0 Å². The zero-order valence-electron chi connectivity index (χ0n) is 22.7. The highest BCUT2D eigenvalue weighted by Gasteiger charge is 2.16. The number of carbonyl (C=O) groups excluding carboxylic acids is 2. The molecule has 0 atom stereocenters. The zero-order chi connectivity index (χ0) is 28.9. The highest BCUT2D eigenvalue weighted by atomic mass is 16.5. The SMILES string of the molecule is CCOc1ccc(NC(=O)N(CCCNC(=O)Nc2cccc(C#N)c2)c2ccc(Oc3ccccc3)cc2)cc1. The molecule has 0 aliphatic heterocycles. The Bertz CT molecular complexity index is 1470. The molecule has 0 radical (unpaired) electrons. The number of rotatable bonds is 11. The smallest absolute Gasteiger partial charge is 0.326 e. The largest absolute Gasteiger partial charge is 0.494 e. The number of ether oxygens (including phenoxy) is 2. The van der Waals surface area contributed by atoms with E-state index in [-0.39, 0.29) is 6.03 Å². The van der Waals surface area contributed by atoms with Crippen LogP contribution in [-0.2, 0) is 0 Å². The van der Waals surface area contributed by atoms with Gasteiger partial charge in [-0.2, -0.15) is 5.26 Å². The van der Waals surface area contributed by atoms with Crippen molar-refractivity contribution in [3.8, 4) is 23.3 Å². The van der Waals surface area contributed by atoms with E-state index in [2.05, 4.69) is 16.0 Å². The van der Waals surface area contributed by atoms with Gasteiger partial charge in [0.15, 0.2) is 0 Å². The molecule has 4 aromatic carbocycles. The zero-order valence-corrected chi connectivity index (χ0v) is 22.7. The van der Waals surface area contributed by atoms with Gasteiger partial charge in [0, 0.05) is 30.2 Å². The van der Waals surface area contributed by atoms with E-state index in [1.54, 1.807) is 65.6 Å². The lowest BCUT2D eigenvalue weighted by molar-refractivity contribution is 0.252.